The lowest BCUT2D eigenvalue weighted by atomic mass is 9.87. The third-order valence-corrected chi connectivity index (χ3v) is 4.10. The van der Waals surface area contributed by atoms with Crippen LogP contribution in [0.5, 0.6) is 0 Å². The number of rotatable bonds is 4. The van der Waals surface area contributed by atoms with Crippen LogP contribution in [-0.2, 0) is 17.6 Å². The van der Waals surface area contributed by atoms with Gasteiger partial charge in [-0.2, -0.15) is 0 Å². The van der Waals surface area contributed by atoms with Gasteiger partial charge in [0.15, 0.2) is 5.16 Å². The molecular formula is C13H18N2O2S. The fourth-order valence-electron chi connectivity index (χ4n) is 2.23. The molecule has 1 heterocycles. The minimum Gasteiger partial charge on any atom is -0.481 e. The van der Waals surface area contributed by atoms with Crippen molar-refractivity contribution in [3.8, 4) is 0 Å². The number of carboxylic acid groups (broad SMARTS) is 1. The van der Waals surface area contributed by atoms with E-state index in [2.05, 4.69) is 16.9 Å². The number of carboxylic acids is 1. The average molecular weight is 266 g/mol. The van der Waals surface area contributed by atoms with Crippen molar-refractivity contribution in [1.82, 2.24) is 9.97 Å². The van der Waals surface area contributed by atoms with Gasteiger partial charge in [-0.3, -0.25) is 4.79 Å². The van der Waals surface area contributed by atoms with Gasteiger partial charge in [-0.15, -0.1) is 0 Å². The summed E-state index contributed by atoms with van der Waals surface area (Å²) in [5.41, 5.74) is 3.53. The summed E-state index contributed by atoms with van der Waals surface area (Å²) in [6.07, 6.45) is 3.43. The first-order valence-corrected chi connectivity index (χ1v) is 7.26. The maximum absolute atomic E-state index is 10.5. The summed E-state index contributed by atoms with van der Waals surface area (Å²) in [5, 5.41) is 9.34. The molecule has 0 saturated carbocycles. The molecule has 1 aromatic heterocycles. The second-order valence-electron chi connectivity index (χ2n) is 4.86. The maximum Gasteiger partial charge on any atom is 0.304 e. The Kier molecular flexibility index (Phi) is 4.22. The van der Waals surface area contributed by atoms with E-state index in [1.807, 2.05) is 6.92 Å². The van der Waals surface area contributed by atoms with Crippen LogP contribution in [0.1, 0.15) is 36.7 Å². The van der Waals surface area contributed by atoms with E-state index >= 15 is 0 Å². The highest BCUT2D eigenvalue weighted by atomic mass is 32.2. The molecule has 18 heavy (non-hydrogen) atoms. The molecule has 0 aliphatic heterocycles. The van der Waals surface area contributed by atoms with Crippen molar-refractivity contribution in [3.63, 3.8) is 0 Å². The molecule has 1 N–H and O–H groups in total. The van der Waals surface area contributed by atoms with Gasteiger partial charge in [-0.1, -0.05) is 18.7 Å². The van der Waals surface area contributed by atoms with E-state index in [0.717, 1.165) is 23.7 Å². The molecule has 0 aromatic carbocycles. The Morgan fingerprint density at radius 3 is 3.00 bits per heavy atom. The Morgan fingerprint density at radius 2 is 2.28 bits per heavy atom. The molecule has 1 aliphatic rings. The van der Waals surface area contributed by atoms with Gasteiger partial charge in [0.2, 0.25) is 0 Å². The number of nitrogens with zero attached hydrogens (tertiary/aromatic N) is 2. The summed E-state index contributed by atoms with van der Waals surface area (Å²) in [6, 6.07) is 0. The molecule has 2 rings (SSSR count). The Hall–Kier alpha value is -1.10. The van der Waals surface area contributed by atoms with Crippen molar-refractivity contribution in [1.29, 1.82) is 0 Å². The molecule has 0 fully saturated rings. The molecule has 0 radical (unpaired) electrons. The van der Waals surface area contributed by atoms with Crippen LogP contribution in [0.15, 0.2) is 5.16 Å². The summed E-state index contributed by atoms with van der Waals surface area (Å²) in [7, 11) is 0. The number of thioether (sulfide) groups is 1. The molecular weight excluding hydrogens is 248 g/mol. The smallest absolute Gasteiger partial charge is 0.304 e. The lowest BCUT2D eigenvalue weighted by Gasteiger charge is -2.22. The van der Waals surface area contributed by atoms with Crippen LogP contribution in [0.25, 0.3) is 0 Å². The van der Waals surface area contributed by atoms with E-state index in [1.54, 1.807) is 0 Å². The van der Waals surface area contributed by atoms with Crippen molar-refractivity contribution in [3.05, 3.63) is 17.0 Å². The molecule has 1 unspecified atom stereocenters. The van der Waals surface area contributed by atoms with E-state index in [1.165, 1.54) is 29.4 Å². The number of fused-ring (bicyclic) bond motifs is 1. The van der Waals surface area contributed by atoms with Crippen LogP contribution < -0.4 is 0 Å². The molecule has 4 nitrogen and oxygen atoms in total. The molecule has 0 amide bonds. The molecule has 1 aromatic rings. The van der Waals surface area contributed by atoms with Gasteiger partial charge in [-0.25, -0.2) is 9.97 Å². The number of aliphatic carboxylic acids is 1. The van der Waals surface area contributed by atoms with Crippen LogP contribution >= 0.6 is 11.8 Å². The Bertz CT molecular complexity index is 463. The fraction of sp³-hybridized carbons (Fsp3) is 0.615. The van der Waals surface area contributed by atoms with Crippen molar-refractivity contribution >= 4 is 17.7 Å². The van der Waals surface area contributed by atoms with Crippen LogP contribution in [0.2, 0.25) is 0 Å². The first-order valence-electron chi connectivity index (χ1n) is 6.27. The van der Waals surface area contributed by atoms with Gasteiger partial charge in [0.25, 0.3) is 0 Å². The summed E-state index contributed by atoms with van der Waals surface area (Å²) in [5.74, 6) is 0.473. The van der Waals surface area contributed by atoms with E-state index in [0.29, 0.717) is 11.7 Å². The molecule has 0 bridgehead atoms. The summed E-state index contributed by atoms with van der Waals surface area (Å²) in [6.45, 7) is 4.29. The van der Waals surface area contributed by atoms with Gasteiger partial charge in [0.05, 0.1) is 6.42 Å². The zero-order valence-corrected chi connectivity index (χ0v) is 11.6. The van der Waals surface area contributed by atoms with Crippen molar-refractivity contribution in [2.75, 3.05) is 5.75 Å². The number of aryl methyl sites for hydroxylation is 2. The van der Waals surface area contributed by atoms with Crippen LogP contribution in [0.3, 0.4) is 0 Å². The van der Waals surface area contributed by atoms with E-state index in [9.17, 15) is 4.79 Å². The fourth-order valence-corrected chi connectivity index (χ4v) is 3.06. The highest BCUT2D eigenvalue weighted by molar-refractivity contribution is 7.99. The maximum atomic E-state index is 10.5. The third-order valence-electron chi connectivity index (χ3n) is 3.25. The Labute approximate surface area is 111 Å². The zero-order valence-electron chi connectivity index (χ0n) is 10.8. The minimum atomic E-state index is -0.772. The molecule has 5 heteroatoms. The van der Waals surface area contributed by atoms with Gasteiger partial charge in [-0.05, 0) is 37.7 Å². The molecule has 1 aliphatic carbocycles. The van der Waals surface area contributed by atoms with Crippen molar-refractivity contribution in [2.45, 2.75) is 44.7 Å². The topological polar surface area (TPSA) is 63.1 Å². The largest absolute Gasteiger partial charge is 0.481 e. The van der Waals surface area contributed by atoms with Gasteiger partial charge < -0.3 is 5.11 Å². The first kappa shape index (κ1) is 13.3. The van der Waals surface area contributed by atoms with Crippen LogP contribution in [0, 0.1) is 12.8 Å². The predicted octanol–water partition coefficient (Wildman–Crippen LogP) is 2.48. The van der Waals surface area contributed by atoms with Gasteiger partial charge in [0.1, 0.15) is 0 Å². The number of aromatic nitrogens is 2. The highest BCUT2D eigenvalue weighted by Gasteiger charge is 2.19. The Morgan fingerprint density at radius 1 is 1.50 bits per heavy atom. The van der Waals surface area contributed by atoms with E-state index < -0.39 is 5.97 Å². The van der Waals surface area contributed by atoms with Crippen molar-refractivity contribution in [2.24, 2.45) is 5.92 Å². The minimum absolute atomic E-state index is 0.154. The second kappa shape index (κ2) is 5.69. The normalized spacial score (nSPS) is 18.4. The van der Waals surface area contributed by atoms with E-state index in [-0.39, 0.29) is 6.42 Å². The van der Waals surface area contributed by atoms with Crippen LogP contribution in [0.4, 0.5) is 0 Å². The predicted molar refractivity (Wildman–Crippen MR) is 70.9 cm³/mol. The number of carbonyl (C=O) groups is 1. The molecule has 1 atom stereocenters. The molecule has 0 saturated heterocycles. The van der Waals surface area contributed by atoms with Crippen molar-refractivity contribution < 1.29 is 9.90 Å². The second-order valence-corrected chi connectivity index (χ2v) is 5.92. The first-order chi connectivity index (χ1) is 8.56. The summed E-state index contributed by atoms with van der Waals surface area (Å²) < 4.78 is 0. The molecule has 98 valence electrons. The SMILES string of the molecule is Cc1nc(SCCC(=O)O)nc2c1CC(C)CC2. The zero-order chi connectivity index (χ0) is 13.1. The third kappa shape index (κ3) is 3.22. The highest BCUT2D eigenvalue weighted by Crippen LogP contribution is 2.27. The standard InChI is InChI=1S/C13H18N2O2S/c1-8-3-4-11-10(7-8)9(2)14-13(15-11)18-6-5-12(16)17/h8H,3-7H2,1-2H3,(H,16,17). The quantitative estimate of drug-likeness (QED) is 0.670. The number of hydrogen-bond donors (Lipinski definition) is 1. The lowest BCUT2D eigenvalue weighted by molar-refractivity contribution is -0.136. The summed E-state index contributed by atoms with van der Waals surface area (Å²) in [4.78, 5) is 19.5. The monoisotopic (exact) mass is 266 g/mol. The van der Waals surface area contributed by atoms with Gasteiger partial charge in [0, 0.05) is 17.1 Å². The Balaban J connectivity index is 2.10. The average Bonchev–Trinajstić information content (AvgIpc) is 2.30. The lowest BCUT2D eigenvalue weighted by Crippen LogP contribution is -2.16. The summed E-state index contributed by atoms with van der Waals surface area (Å²) >= 11 is 1.43. The number of hydrogen-bond acceptors (Lipinski definition) is 4. The van der Waals surface area contributed by atoms with Gasteiger partial charge >= 0.3 is 5.97 Å². The van der Waals surface area contributed by atoms with Crippen LogP contribution in [-0.4, -0.2) is 26.8 Å². The van der Waals surface area contributed by atoms with E-state index in [4.69, 9.17) is 5.11 Å². The molecule has 0 spiro atoms.